The molecule has 0 atom stereocenters. The Morgan fingerprint density at radius 2 is 1.74 bits per heavy atom. The van der Waals surface area contributed by atoms with Crippen molar-refractivity contribution in [2.24, 2.45) is 0 Å². The topological polar surface area (TPSA) is 75.3 Å². The fraction of sp³-hybridized carbons (Fsp3) is 0.156. The molecular weight excluding hydrogens is 607 g/mol. The fourth-order valence-electron chi connectivity index (χ4n) is 4.23. The summed E-state index contributed by atoms with van der Waals surface area (Å²) in [5, 5.41) is 8.80. The van der Waals surface area contributed by atoms with Crippen molar-refractivity contribution in [2.45, 2.75) is 13.0 Å². The lowest BCUT2D eigenvalue weighted by Crippen LogP contribution is -2.35. The summed E-state index contributed by atoms with van der Waals surface area (Å²) in [7, 11) is 0. The van der Waals surface area contributed by atoms with E-state index in [1.54, 1.807) is 18.3 Å². The molecule has 3 N–H and O–H groups in total. The van der Waals surface area contributed by atoms with E-state index in [4.69, 9.17) is 17.0 Å². The van der Waals surface area contributed by atoms with E-state index in [1.165, 1.54) is 53.3 Å². The largest absolute Gasteiger partial charge is 0.453 e. The van der Waals surface area contributed by atoms with Crippen LogP contribution in [0.1, 0.15) is 11.1 Å². The average molecular weight is 635 g/mol. The minimum absolute atomic E-state index is 0.0158. The number of carbonyl (C=O) groups excluding carboxylic acids is 1. The highest BCUT2D eigenvalue weighted by atomic mass is 32.2. The van der Waals surface area contributed by atoms with Crippen molar-refractivity contribution in [3.63, 3.8) is 0 Å². The van der Waals surface area contributed by atoms with Crippen molar-refractivity contribution in [3.8, 4) is 21.9 Å². The Bertz CT molecular complexity index is 1730. The number of hydrogen-bond acceptors (Lipinski definition) is 7. The predicted octanol–water partition coefficient (Wildman–Crippen LogP) is 7.54. The zero-order valence-corrected chi connectivity index (χ0v) is 25.6. The second kappa shape index (κ2) is 14.5. The number of thiocarbonyl (C=S) groups is 1. The highest BCUT2D eigenvalue weighted by molar-refractivity contribution is 7.98. The van der Waals surface area contributed by atoms with Crippen LogP contribution in [-0.2, 0) is 17.8 Å². The summed E-state index contributed by atoms with van der Waals surface area (Å²) < 4.78 is 34.9. The first-order valence-electron chi connectivity index (χ1n) is 13.4. The van der Waals surface area contributed by atoms with Gasteiger partial charge in [-0.1, -0.05) is 36.4 Å². The number of fused-ring (bicyclic) bond motifs is 1. The number of carbonyl (C=O) groups is 1. The molecule has 0 aliphatic carbocycles. The maximum Gasteiger partial charge on any atom is 0.230 e. The van der Waals surface area contributed by atoms with E-state index in [-0.39, 0.29) is 29.0 Å². The number of benzene rings is 3. The standard InChI is InChI=1S/C32H28F2N4O2S3/c1-42-15-14-35-19-21-2-6-22(7-3-21)29-18-26-31(43-29)28(12-13-36-26)40-27-11-10-24(17-25(27)34)37-32(41)38-30(39)16-20-4-8-23(33)9-5-20/h2-13,17-18,35H,14-16,19H2,1H3,(H2,37,38,39,41). The Balaban J connectivity index is 1.22. The van der Waals surface area contributed by atoms with E-state index in [0.29, 0.717) is 17.0 Å². The van der Waals surface area contributed by atoms with Crippen LogP contribution in [-0.4, -0.2) is 34.6 Å². The number of pyridine rings is 1. The van der Waals surface area contributed by atoms with Crippen molar-refractivity contribution in [3.05, 3.63) is 108 Å². The summed E-state index contributed by atoms with van der Waals surface area (Å²) in [5.41, 5.74) is 4.04. The molecule has 0 unspecified atom stereocenters. The third-order valence-electron chi connectivity index (χ3n) is 6.37. The van der Waals surface area contributed by atoms with Gasteiger partial charge < -0.3 is 20.7 Å². The summed E-state index contributed by atoms with van der Waals surface area (Å²) in [6.07, 6.45) is 3.76. The first-order chi connectivity index (χ1) is 20.9. The van der Waals surface area contributed by atoms with Crippen LogP contribution in [0.5, 0.6) is 11.5 Å². The maximum atomic E-state index is 15.1. The van der Waals surface area contributed by atoms with Crippen molar-refractivity contribution < 1.29 is 18.3 Å². The number of thiophene rings is 1. The molecule has 0 radical (unpaired) electrons. The van der Waals surface area contributed by atoms with E-state index >= 15 is 4.39 Å². The number of amides is 1. The third-order valence-corrected chi connectivity index (χ3v) is 8.37. The molecule has 2 aromatic heterocycles. The summed E-state index contributed by atoms with van der Waals surface area (Å²) in [6, 6.07) is 22.1. The van der Waals surface area contributed by atoms with Gasteiger partial charge in [0.25, 0.3) is 0 Å². The van der Waals surface area contributed by atoms with Gasteiger partial charge in [-0.3, -0.25) is 9.78 Å². The maximum absolute atomic E-state index is 15.1. The van der Waals surface area contributed by atoms with E-state index in [0.717, 1.165) is 39.5 Å². The number of anilines is 1. The molecule has 5 aromatic rings. The summed E-state index contributed by atoms with van der Waals surface area (Å²) in [5.74, 6) is 0.259. The molecule has 220 valence electrons. The van der Waals surface area contributed by atoms with Gasteiger partial charge in [0.2, 0.25) is 5.91 Å². The van der Waals surface area contributed by atoms with Gasteiger partial charge in [0.1, 0.15) is 11.6 Å². The number of thioether (sulfide) groups is 1. The molecular formula is C32H28F2N4O2S3. The molecule has 6 nitrogen and oxygen atoms in total. The van der Waals surface area contributed by atoms with Crippen molar-refractivity contribution in [1.29, 1.82) is 0 Å². The van der Waals surface area contributed by atoms with Gasteiger partial charge in [0, 0.05) is 47.7 Å². The molecule has 43 heavy (non-hydrogen) atoms. The van der Waals surface area contributed by atoms with Gasteiger partial charge in [0.05, 0.1) is 16.6 Å². The summed E-state index contributed by atoms with van der Waals surface area (Å²) in [4.78, 5) is 17.8. The van der Waals surface area contributed by atoms with Crippen LogP contribution >= 0.6 is 35.3 Å². The minimum Gasteiger partial charge on any atom is -0.453 e. The van der Waals surface area contributed by atoms with E-state index < -0.39 is 5.82 Å². The predicted molar refractivity (Wildman–Crippen MR) is 176 cm³/mol. The number of aromatic nitrogens is 1. The Hall–Kier alpha value is -3.90. The Labute approximate surface area is 261 Å². The number of rotatable bonds is 11. The van der Waals surface area contributed by atoms with Crippen LogP contribution in [0.4, 0.5) is 14.5 Å². The molecule has 1 amide bonds. The quantitative estimate of drug-likeness (QED) is 0.102. The molecule has 0 bridgehead atoms. The van der Waals surface area contributed by atoms with Crippen LogP contribution in [0.25, 0.3) is 20.7 Å². The molecule has 11 heteroatoms. The fourth-order valence-corrected chi connectivity index (χ4v) is 5.88. The Kier molecular flexibility index (Phi) is 10.3. The second-order valence-electron chi connectivity index (χ2n) is 9.55. The van der Waals surface area contributed by atoms with E-state index in [9.17, 15) is 9.18 Å². The molecule has 2 heterocycles. The van der Waals surface area contributed by atoms with Gasteiger partial charge in [-0.15, -0.1) is 11.3 Å². The SMILES string of the molecule is CSCCNCc1ccc(-c2cc3nccc(Oc4ccc(NC(=S)NC(=O)Cc5ccc(F)cc5)cc4F)c3s2)cc1. The van der Waals surface area contributed by atoms with Crippen LogP contribution in [0.2, 0.25) is 0 Å². The highest BCUT2D eigenvalue weighted by Gasteiger charge is 2.14. The van der Waals surface area contributed by atoms with Crippen molar-refractivity contribution in [2.75, 3.05) is 23.9 Å². The number of hydrogen-bond donors (Lipinski definition) is 3. The zero-order chi connectivity index (χ0) is 30.2. The lowest BCUT2D eigenvalue weighted by atomic mass is 10.1. The van der Waals surface area contributed by atoms with Crippen LogP contribution in [0.15, 0.2) is 85.1 Å². The van der Waals surface area contributed by atoms with Gasteiger partial charge in [0.15, 0.2) is 16.7 Å². The average Bonchev–Trinajstić information content (AvgIpc) is 3.44. The molecule has 3 aromatic carbocycles. The first kappa shape index (κ1) is 30.6. The highest BCUT2D eigenvalue weighted by Crippen LogP contribution is 2.39. The number of nitrogens with zero attached hydrogens (tertiary/aromatic N) is 1. The van der Waals surface area contributed by atoms with Gasteiger partial charge in [-0.25, -0.2) is 8.78 Å². The third kappa shape index (κ3) is 8.35. The Morgan fingerprint density at radius 3 is 2.49 bits per heavy atom. The van der Waals surface area contributed by atoms with Gasteiger partial charge in [-0.05, 0) is 65.5 Å². The van der Waals surface area contributed by atoms with E-state index in [2.05, 4.69) is 51.5 Å². The molecule has 0 aliphatic rings. The van der Waals surface area contributed by atoms with Crippen molar-refractivity contribution >= 4 is 62.2 Å². The van der Waals surface area contributed by atoms with Crippen molar-refractivity contribution in [1.82, 2.24) is 15.6 Å². The molecule has 0 saturated carbocycles. The molecule has 5 rings (SSSR count). The zero-order valence-electron chi connectivity index (χ0n) is 23.2. The summed E-state index contributed by atoms with van der Waals surface area (Å²) >= 11 is 8.55. The molecule has 0 fully saturated rings. The molecule has 0 saturated heterocycles. The second-order valence-corrected chi connectivity index (χ2v) is 12.0. The first-order valence-corrected chi connectivity index (χ1v) is 16.0. The number of ether oxygens (including phenoxy) is 1. The van der Waals surface area contributed by atoms with Crippen LogP contribution in [0, 0.1) is 11.6 Å². The monoisotopic (exact) mass is 634 g/mol. The lowest BCUT2D eigenvalue weighted by Gasteiger charge is -2.12. The summed E-state index contributed by atoms with van der Waals surface area (Å²) in [6.45, 7) is 1.80. The van der Waals surface area contributed by atoms with Crippen LogP contribution in [0.3, 0.4) is 0 Å². The number of halogens is 2. The normalized spacial score (nSPS) is 11.0. The smallest absolute Gasteiger partial charge is 0.230 e. The molecule has 0 spiro atoms. The van der Waals surface area contributed by atoms with Crippen LogP contribution < -0.4 is 20.7 Å². The van der Waals surface area contributed by atoms with Gasteiger partial charge >= 0.3 is 0 Å². The number of nitrogens with one attached hydrogen (secondary N) is 3. The minimum atomic E-state index is -0.603. The Morgan fingerprint density at radius 1 is 0.977 bits per heavy atom. The van der Waals surface area contributed by atoms with Gasteiger partial charge in [-0.2, -0.15) is 11.8 Å². The molecule has 0 aliphatic heterocycles. The van der Waals surface area contributed by atoms with E-state index in [1.807, 2.05) is 17.8 Å². The lowest BCUT2D eigenvalue weighted by molar-refractivity contribution is -0.119.